The molecule has 0 radical (unpaired) electrons. The lowest BCUT2D eigenvalue weighted by Crippen LogP contribution is -2.23. The highest BCUT2D eigenvalue weighted by atomic mass is 16.1. The van der Waals surface area contributed by atoms with Crippen molar-refractivity contribution in [3.63, 3.8) is 0 Å². The molecule has 100 valence electrons. The van der Waals surface area contributed by atoms with Gasteiger partial charge in [-0.3, -0.25) is 4.79 Å². The van der Waals surface area contributed by atoms with Gasteiger partial charge in [-0.15, -0.1) is 0 Å². The van der Waals surface area contributed by atoms with Crippen LogP contribution in [0.3, 0.4) is 0 Å². The first kappa shape index (κ1) is 13.8. The lowest BCUT2D eigenvalue weighted by atomic mass is 9.99. The summed E-state index contributed by atoms with van der Waals surface area (Å²) in [5.74, 6) is -0.590. The van der Waals surface area contributed by atoms with Gasteiger partial charge in [0.25, 0.3) is 0 Å². The highest BCUT2D eigenvalue weighted by molar-refractivity contribution is 5.93. The molecule has 0 spiro atoms. The average molecular weight is 265 g/mol. The quantitative estimate of drug-likeness (QED) is 0.924. The lowest BCUT2D eigenvalue weighted by molar-refractivity contribution is -0.118. The number of aryl methyl sites for hydroxylation is 1. The fourth-order valence-corrected chi connectivity index (χ4v) is 1.81. The number of hydrogen-bond donors (Lipinski definition) is 1. The van der Waals surface area contributed by atoms with Crippen molar-refractivity contribution in [3.05, 3.63) is 59.8 Å². The van der Waals surface area contributed by atoms with E-state index in [1.807, 2.05) is 37.3 Å². The number of anilines is 1. The van der Waals surface area contributed by atoms with E-state index >= 15 is 0 Å². The summed E-state index contributed by atoms with van der Waals surface area (Å²) in [7, 11) is 0. The Labute approximate surface area is 118 Å². The maximum Gasteiger partial charge on any atom is 0.243 e. The number of amides is 1. The van der Waals surface area contributed by atoms with Crippen molar-refractivity contribution >= 4 is 11.7 Å². The molecule has 1 N–H and O–H groups in total. The highest BCUT2D eigenvalue weighted by Gasteiger charge is 2.18. The number of carbonyl (C=O) groups is 1. The van der Waals surface area contributed by atoms with Crippen LogP contribution in [-0.4, -0.2) is 10.9 Å². The molecule has 1 amide bonds. The Bertz CT molecular complexity index is 614. The summed E-state index contributed by atoms with van der Waals surface area (Å²) < 4.78 is 0. The molecule has 0 fully saturated rings. The summed E-state index contributed by atoms with van der Waals surface area (Å²) in [6.07, 6.45) is 1.99. The third kappa shape index (κ3) is 3.66. The molecule has 2 rings (SSSR count). The molecular formula is C16H15N3O. The van der Waals surface area contributed by atoms with Crippen LogP contribution in [0.2, 0.25) is 0 Å². The fraction of sp³-hybridized carbons (Fsp3) is 0.188. The first-order valence-corrected chi connectivity index (χ1v) is 6.36. The Balaban J connectivity index is 2.03. The number of nitriles is 1. The number of pyridine rings is 1. The highest BCUT2D eigenvalue weighted by Crippen LogP contribution is 2.12. The van der Waals surface area contributed by atoms with Gasteiger partial charge in [-0.25, -0.2) is 4.98 Å². The predicted octanol–water partition coefficient (Wildman–Crippen LogP) is 2.71. The van der Waals surface area contributed by atoms with Crippen LogP contribution in [-0.2, 0) is 11.2 Å². The summed E-state index contributed by atoms with van der Waals surface area (Å²) in [6, 6.07) is 15.1. The second kappa shape index (κ2) is 6.48. The zero-order valence-corrected chi connectivity index (χ0v) is 11.2. The van der Waals surface area contributed by atoms with Gasteiger partial charge in [0.05, 0.1) is 6.07 Å². The van der Waals surface area contributed by atoms with E-state index in [1.165, 1.54) is 0 Å². The molecule has 20 heavy (non-hydrogen) atoms. The zero-order chi connectivity index (χ0) is 14.4. The maximum absolute atomic E-state index is 12.0. The minimum Gasteiger partial charge on any atom is -0.310 e. The maximum atomic E-state index is 12.0. The van der Waals surface area contributed by atoms with E-state index in [9.17, 15) is 4.79 Å². The molecule has 0 aliphatic heterocycles. The number of aromatic nitrogens is 1. The van der Waals surface area contributed by atoms with Crippen LogP contribution in [0, 0.1) is 24.2 Å². The largest absolute Gasteiger partial charge is 0.310 e. The topological polar surface area (TPSA) is 65.8 Å². The van der Waals surface area contributed by atoms with Crippen molar-refractivity contribution in [3.8, 4) is 6.07 Å². The molecule has 0 saturated heterocycles. The second-order valence-corrected chi connectivity index (χ2v) is 4.58. The molecule has 1 aromatic carbocycles. The van der Waals surface area contributed by atoms with Crippen molar-refractivity contribution in [2.24, 2.45) is 5.92 Å². The van der Waals surface area contributed by atoms with Crippen LogP contribution in [0.5, 0.6) is 0 Å². The van der Waals surface area contributed by atoms with Crippen molar-refractivity contribution in [1.82, 2.24) is 4.98 Å². The van der Waals surface area contributed by atoms with E-state index < -0.39 is 5.92 Å². The number of hydrogen-bond acceptors (Lipinski definition) is 3. The van der Waals surface area contributed by atoms with Gasteiger partial charge in [-0.1, -0.05) is 35.9 Å². The van der Waals surface area contributed by atoms with E-state index in [0.29, 0.717) is 12.2 Å². The molecule has 2 aromatic rings. The SMILES string of the molecule is Cc1ccc(C[C@@H](C#N)C(=O)Nc2ccccn2)cc1. The van der Waals surface area contributed by atoms with E-state index in [2.05, 4.69) is 10.3 Å². The molecule has 0 aliphatic carbocycles. The molecule has 0 unspecified atom stereocenters. The summed E-state index contributed by atoms with van der Waals surface area (Å²) in [5.41, 5.74) is 2.12. The van der Waals surface area contributed by atoms with Crippen molar-refractivity contribution in [2.75, 3.05) is 5.32 Å². The lowest BCUT2D eigenvalue weighted by Gasteiger charge is -2.10. The molecule has 0 aliphatic rings. The van der Waals surface area contributed by atoms with Gasteiger partial charge in [0.2, 0.25) is 5.91 Å². The van der Waals surface area contributed by atoms with E-state index in [0.717, 1.165) is 11.1 Å². The Kier molecular flexibility index (Phi) is 4.46. The smallest absolute Gasteiger partial charge is 0.243 e. The van der Waals surface area contributed by atoms with Crippen molar-refractivity contribution in [2.45, 2.75) is 13.3 Å². The number of rotatable bonds is 4. The second-order valence-electron chi connectivity index (χ2n) is 4.58. The van der Waals surface area contributed by atoms with Crippen LogP contribution in [0.15, 0.2) is 48.7 Å². The van der Waals surface area contributed by atoms with Crippen LogP contribution < -0.4 is 5.32 Å². The van der Waals surface area contributed by atoms with E-state index in [-0.39, 0.29) is 5.91 Å². The van der Waals surface area contributed by atoms with Gasteiger partial charge >= 0.3 is 0 Å². The van der Waals surface area contributed by atoms with Crippen LogP contribution in [0.1, 0.15) is 11.1 Å². The van der Waals surface area contributed by atoms with E-state index in [4.69, 9.17) is 5.26 Å². The van der Waals surface area contributed by atoms with Gasteiger partial charge in [0, 0.05) is 6.20 Å². The molecular weight excluding hydrogens is 250 g/mol. The van der Waals surface area contributed by atoms with Gasteiger partial charge in [-0.05, 0) is 31.0 Å². The van der Waals surface area contributed by atoms with Crippen LogP contribution in [0.25, 0.3) is 0 Å². The Morgan fingerprint density at radius 1 is 1.30 bits per heavy atom. The number of carbonyl (C=O) groups excluding carboxylic acids is 1. The Morgan fingerprint density at radius 3 is 2.65 bits per heavy atom. The Hall–Kier alpha value is -2.67. The summed E-state index contributed by atoms with van der Waals surface area (Å²) >= 11 is 0. The number of nitrogens with zero attached hydrogens (tertiary/aromatic N) is 2. The summed E-state index contributed by atoms with van der Waals surface area (Å²) in [4.78, 5) is 16.1. The Morgan fingerprint density at radius 2 is 2.05 bits per heavy atom. The summed E-state index contributed by atoms with van der Waals surface area (Å²) in [6.45, 7) is 2.00. The fourth-order valence-electron chi connectivity index (χ4n) is 1.81. The third-order valence-electron chi connectivity index (χ3n) is 2.95. The zero-order valence-electron chi connectivity index (χ0n) is 11.2. The standard InChI is InChI=1S/C16H15N3O/c1-12-5-7-13(8-6-12)10-14(11-17)16(20)19-15-4-2-3-9-18-15/h2-9,14H,10H2,1H3,(H,18,19,20)/t14-/m0/s1. The third-order valence-corrected chi connectivity index (χ3v) is 2.95. The number of nitrogens with one attached hydrogen (secondary N) is 1. The number of benzene rings is 1. The van der Waals surface area contributed by atoms with Crippen molar-refractivity contribution < 1.29 is 4.79 Å². The van der Waals surface area contributed by atoms with Crippen molar-refractivity contribution in [1.29, 1.82) is 5.26 Å². The van der Waals surface area contributed by atoms with Gasteiger partial charge in [0.15, 0.2) is 0 Å². The summed E-state index contributed by atoms with van der Waals surface area (Å²) in [5, 5.41) is 11.8. The first-order valence-electron chi connectivity index (χ1n) is 6.36. The molecule has 4 nitrogen and oxygen atoms in total. The van der Waals surface area contributed by atoms with Gasteiger partial charge in [-0.2, -0.15) is 5.26 Å². The molecule has 1 atom stereocenters. The average Bonchev–Trinajstić information content (AvgIpc) is 2.47. The minimum atomic E-state index is -0.722. The molecule has 0 bridgehead atoms. The normalized spacial score (nSPS) is 11.4. The van der Waals surface area contributed by atoms with Gasteiger partial charge < -0.3 is 5.32 Å². The predicted molar refractivity (Wildman–Crippen MR) is 76.9 cm³/mol. The monoisotopic (exact) mass is 265 g/mol. The molecule has 0 saturated carbocycles. The molecule has 4 heteroatoms. The van der Waals surface area contributed by atoms with Gasteiger partial charge in [0.1, 0.15) is 11.7 Å². The minimum absolute atomic E-state index is 0.327. The van der Waals surface area contributed by atoms with Crippen LogP contribution >= 0.6 is 0 Å². The van der Waals surface area contributed by atoms with E-state index in [1.54, 1.807) is 24.4 Å². The molecule has 1 aromatic heterocycles. The molecule has 1 heterocycles. The van der Waals surface area contributed by atoms with Crippen LogP contribution in [0.4, 0.5) is 5.82 Å². The first-order chi connectivity index (χ1) is 9.69.